The monoisotopic (exact) mass is 336 g/mol. The summed E-state index contributed by atoms with van der Waals surface area (Å²) in [4.78, 5) is 36.0. The smallest absolute Gasteiger partial charge is 0.335 e. The molecule has 0 unspecified atom stereocenters. The van der Waals surface area contributed by atoms with E-state index in [1.165, 1.54) is 36.5 Å². The molecular formula is C13H9BrN2O4. The Bertz CT molecular complexity index is 719. The van der Waals surface area contributed by atoms with E-state index in [9.17, 15) is 14.4 Å². The summed E-state index contributed by atoms with van der Waals surface area (Å²) in [6.07, 6.45) is 1.30. The number of pyridine rings is 1. The van der Waals surface area contributed by atoms with Crippen LogP contribution in [0.15, 0.2) is 45.8 Å². The number of hydrogen-bond donors (Lipinski definition) is 3. The summed E-state index contributed by atoms with van der Waals surface area (Å²) in [5.41, 5.74) is 0.539. The SMILES string of the molecule is O=C(O)c1ccc(NC(=O)c2ccc(=O)[nH]c2)c(Br)c1. The lowest BCUT2D eigenvalue weighted by atomic mass is 10.2. The number of H-pyrrole nitrogens is 1. The number of carboxylic acid groups (broad SMARTS) is 1. The molecule has 0 fully saturated rings. The van der Waals surface area contributed by atoms with Crippen molar-refractivity contribution in [2.24, 2.45) is 0 Å². The number of hydrogen-bond acceptors (Lipinski definition) is 3. The van der Waals surface area contributed by atoms with Crippen molar-refractivity contribution in [3.63, 3.8) is 0 Å². The first-order chi connectivity index (χ1) is 9.47. The van der Waals surface area contributed by atoms with Crippen molar-refractivity contribution in [1.29, 1.82) is 0 Å². The number of halogens is 1. The third-order valence-corrected chi connectivity index (χ3v) is 3.17. The summed E-state index contributed by atoms with van der Waals surface area (Å²) in [7, 11) is 0. The van der Waals surface area contributed by atoms with Crippen molar-refractivity contribution in [1.82, 2.24) is 4.98 Å². The van der Waals surface area contributed by atoms with Gasteiger partial charge in [-0.05, 0) is 40.2 Å². The molecule has 6 nitrogen and oxygen atoms in total. The summed E-state index contributed by atoms with van der Waals surface area (Å²) < 4.78 is 0.454. The summed E-state index contributed by atoms with van der Waals surface area (Å²) in [5.74, 6) is -1.46. The fourth-order valence-corrected chi connectivity index (χ4v) is 1.97. The van der Waals surface area contributed by atoms with Crippen molar-refractivity contribution in [3.8, 4) is 0 Å². The van der Waals surface area contributed by atoms with Gasteiger partial charge in [-0.25, -0.2) is 4.79 Å². The molecule has 7 heteroatoms. The van der Waals surface area contributed by atoms with Gasteiger partial charge in [-0.1, -0.05) is 0 Å². The Labute approximate surface area is 121 Å². The van der Waals surface area contributed by atoms with Crippen LogP contribution in [0.25, 0.3) is 0 Å². The van der Waals surface area contributed by atoms with Crippen LogP contribution >= 0.6 is 15.9 Å². The minimum atomic E-state index is -1.05. The molecular weight excluding hydrogens is 328 g/mol. The number of nitrogens with one attached hydrogen (secondary N) is 2. The highest BCUT2D eigenvalue weighted by atomic mass is 79.9. The number of carbonyl (C=O) groups is 2. The van der Waals surface area contributed by atoms with Gasteiger partial charge >= 0.3 is 5.97 Å². The van der Waals surface area contributed by atoms with Gasteiger partial charge in [-0.3, -0.25) is 9.59 Å². The van der Waals surface area contributed by atoms with Crippen molar-refractivity contribution in [2.45, 2.75) is 0 Å². The molecule has 0 aliphatic heterocycles. The number of aromatic carboxylic acids is 1. The number of carboxylic acids is 1. The topological polar surface area (TPSA) is 99.3 Å². The van der Waals surface area contributed by atoms with Crippen molar-refractivity contribution < 1.29 is 14.7 Å². The van der Waals surface area contributed by atoms with E-state index in [1.807, 2.05) is 0 Å². The molecule has 1 amide bonds. The normalized spacial score (nSPS) is 10.1. The molecule has 2 aromatic rings. The van der Waals surface area contributed by atoms with Crippen LogP contribution in [0.3, 0.4) is 0 Å². The lowest BCUT2D eigenvalue weighted by Gasteiger charge is -2.08. The standard InChI is InChI=1S/C13H9BrN2O4/c14-9-5-7(13(19)20)1-3-10(9)16-12(18)8-2-4-11(17)15-6-8/h1-6H,(H,15,17)(H,16,18)(H,19,20). The maximum absolute atomic E-state index is 11.9. The summed E-state index contributed by atoms with van der Waals surface area (Å²) in [5, 5.41) is 11.5. The highest BCUT2D eigenvalue weighted by Gasteiger charge is 2.10. The quantitative estimate of drug-likeness (QED) is 0.798. The van der Waals surface area contributed by atoms with Crippen LogP contribution < -0.4 is 10.9 Å². The van der Waals surface area contributed by atoms with E-state index >= 15 is 0 Å². The average Bonchev–Trinajstić information content (AvgIpc) is 2.41. The van der Waals surface area contributed by atoms with Crippen molar-refractivity contribution in [2.75, 3.05) is 5.32 Å². The highest BCUT2D eigenvalue weighted by Crippen LogP contribution is 2.24. The second kappa shape index (κ2) is 5.70. The maximum atomic E-state index is 11.9. The van der Waals surface area contributed by atoms with Gasteiger partial charge in [0.15, 0.2) is 0 Å². The molecule has 0 atom stereocenters. The van der Waals surface area contributed by atoms with Crippen LogP contribution in [-0.4, -0.2) is 22.0 Å². The van der Waals surface area contributed by atoms with E-state index in [0.29, 0.717) is 15.7 Å². The summed E-state index contributed by atoms with van der Waals surface area (Å²) in [6, 6.07) is 6.91. The van der Waals surface area contributed by atoms with E-state index in [0.717, 1.165) is 0 Å². The molecule has 0 spiro atoms. The minimum absolute atomic E-state index is 0.110. The Morgan fingerprint density at radius 1 is 1.15 bits per heavy atom. The predicted octanol–water partition coefficient (Wildman–Crippen LogP) is 2.09. The van der Waals surface area contributed by atoms with Crippen LogP contribution in [0, 0.1) is 0 Å². The lowest BCUT2D eigenvalue weighted by Crippen LogP contribution is -2.15. The molecule has 0 radical (unpaired) electrons. The molecule has 0 bridgehead atoms. The van der Waals surface area contributed by atoms with Crippen molar-refractivity contribution >= 4 is 33.5 Å². The molecule has 20 heavy (non-hydrogen) atoms. The molecule has 3 N–H and O–H groups in total. The number of rotatable bonds is 3. The van der Waals surface area contributed by atoms with Gasteiger partial charge in [0.05, 0.1) is 16.8 Å². The molecule has 2 rings (SSSR count). The Morgan fingerprint density at radius 3 is 2.40 bits per heavy atom. The van der Waals surface area contributed by atoms with Crippen LogP contribution in [0.2, 0.25) is 0 Å². The largest absolute Gasteiger partial charge is 0.478 e. The predicted molar refractivity (Wildman–Crippen MR) is 76.1 cm³/mol. The van der Waals surface area contributed by atoms with Gasteiger partial charge in [0.2, 0.25) is 5.56 Å². The molecule has 1 heterocycles. The Morgan fingerprint density at radius 2 is 1.85 bits per heavy atom. The van der Waals surface area contributed by atoms with Gasteiger partial charge in [0, 0.05) is 16.7 Å². The van der Waals surface area contributed by atoms with E-state index in [-0.39, 0.29) is 11.1 Å². The molecule has 0 aliphatic carbocycles. The number of aromatic amines is 1. The van der Waals surface area contributed by atoms with E-state index < -0.39 is 11.9 Å². The van der Waals surface area contributed by atoms with E-state index in [1.54, 1.807) is 0 Å². The Kier molecular flexibility index (Phi) is 3.99. The van der Waals surface area contributed by atoms with Gasteiger partial charge in [-0.15, -0.1) is 0 Å². The first-order valence-electron chi connectivity index (χ1n) is 5.50. The van der Waals surface area contributed by atoms with Gasteiger partial charge in [-0.2, -0.15) is 0 Å². The zero-order valence-corrected chi connectivity index (χ0v) is 11.6. The fraction of sp³-hybridized carbons (Fsp3) is 0. The third-order valence-electron chi connectivity index (χ3n) is 2.51. The molecule has 0 saturated heterocycles. The number of aromatic nitrogens is 1. The Hall–Kier alpha value is -2.41. The molecule has 0 saturated carbocycles. The third kappa shape index (κ3) is 3.12. The Balaban J connectivity index is 2.21. The second-order valence-electron chi connectivity index (χ2n) is 3.90. The highest BCUT2D eigenvalue weighted by molar-refractivity contribution is 9.10. The molecule has 102 valence electrons. The average molecular weight is 337 g/mol. The van der Waals surface area contributed by atoms with E-state index in [2.05, 4.69) is 26.2 Å². The summed E-state index contributed by atoms with van der Waals surface area (Å²) in [6.45, 7) is 0. The van der Waals surface area contributed by atoms with Crippen LogP contribution in [0.4, 0.5) is 5.69 Å². The number of carbonyl (C=O) groups excluding carboxylic acids is 1. The summed E-state index contributed by atoms with van der Waals surface area (Å²) >= 11 is 3.19. The van der Waals surface area contributed by atoms with Crippen LogP contribution in [0.5, 0.6) is 0 Å². The molecule has 1 aromatic heterocycles. The first kappa shape index (κ1) is 14.0. The van der Waals surface area contributed by atoms with Crippen LogP contribution in [-0.2, 0) is 0 Å². The van der Waals surface area contributed by atoms with Gasteiger partial charge < -0.3 is 15.4 Å². The zero-order chi connectivity index (χ0) is 14.7. The molecule has 0 aliphatic rings. The van der Waals surface area contributed by atoms with Crippen molar-refractivity contribution in [3.05, 3.63) is 62.5 Å². The number of benzene rings is 1. The first-order valence-corrected chi connectivity index (χ1v) is 6.29. The second-order valence-corrected chi connectivity index (χ2v) is 4.75. The van der Waals surface area contributed by atoms with E-state index in [4.69, 9.17) is 5.11 Å². The lowest BCUT2D eigenvalue weighted by molar-refractivity contribution is 0.0696. The van der Waals surface area contributed by atoms with Gasteiger partial charge in [0.25, 0.3) is 5.91 Å². The fourth-order valence-electron chi connectivity index (χ4n) is 1.50. The van der Waals surface area contributed by atoms with Crippen LogP contribution in [0.1, 0.15) is 20.7 Å². The zero-order valence-electron chi connectivity index (χ0n) is 10.0. The number of amides is 1. The molecule has 1 aromatic carbocycles. The number of anilines is 1. The minimum Gasteiger partial charge on any atom is -0.478 e. The maximum Gasteiger partial charge on any atom is 0.335 e. The van der Waals surface area contributed by atoms with Gasteiger partial charge in [0.1, 0.15) is 0 Å².